The molecule has 0 bridgehead atoms. The van der Waals surface area contributed by atoms with E-state index in [9.17, 15) is 4.79 Å². The van der Waals surface area contributed by atoms with Crippen LogP contribution in [0.4, 0.5) is 0 Å². The van der Waals surface area contributed by atoms with Gasteiger partial charge in [0.05, 0.1) is 12.0 Å². The molecule has 2 rings (SSSR count). The van der Waals surface area contributed by atoms with Crippen molar-refractivity contribution in [1.29, 1.82) is 0 Å². The molecule has 0 aliphatic rings. The number of aromatic amines is 1. The lowest BCUT2D eigenvalue weighted by atomic mass is 9.87. The number of H-pyrrole nitrogens is 1. The van der Waals surface area contributed by atoms with E-state index in [1.54, 1.807) is 6.33 Å². The minimum absolute atomic E-state index is 0.0407. The highest BCUT2D eigenvalue weighted by Crippen LogP contribution is 2.22. The summed E-state index contributed by atoms with van der Waals surface area (Å²) in [5.41, 5.74) is 2.98. The molecular weight excluding hydrogens is 250 g/mol. The molecule has 0 aliphatic carbocycles. The second-order valence-corrected chi connectivity index (χ2v) is 5.89. The number of benzene rings is 1. The van der Waals surface area contributed by atoms with Gasteiger partial charge in [0.15, 0.2) is 0 Å². The summed E-state index contributed by atoms with van der Waals surface area (Å²) in [6, 6.07) is 7.79. The van der Waals surface area contributed by atoms with Gasteiger partial charge in [-0.3, -0.25) is 4.79 Å². The second-order valence-electron chi connectivity index (χ2n) is 5.89. The summed E-state index contributed by atoms with van der Waals surface area (Å²) in [5.74, 6) is -0.0407. The SMILES string of the molecule is CC(C)(C)c1ccc(C(=O)NCCc2c[nH]cn2)cc1. The minimum atomic E-state index is -0.0407. The molecule has 106 valence electrons. The molecule has 0 saturated heterocycles. The summed E-state index contributed by atoms with van der Waals surface area (Å²) in [4.78, 5) is 19.0. The number of nitrogens with zero attached hydrogens (tertiary/aromatic N) is 1. The molecule has 20 heavy (non-hydrogen) atoms. The van der Waals surface area contributed by atoms with Gasteiger partial charge in [-0.1, -0.05) is 32.9 Å². The van der Waals surface area contributed by atoms with Crippen LogP contribution in [-0.2, 0) is 11.8 Å². The maximum absolute atomic E-state index is 12.0. The van der Waals surface area contributed by atoms with Crippen LogP contribution in [0.5, 0.6) is 0 Å². The summed E-state index contributed by atoms with van der Waals surface area (Å²) in [6.07, 6.45) is 4.21. The summed E-state index contributed by atoms with van der Waals surface area (Å²) in [6.45, 7) is 7.06. The van der Waals surface area contributed by atoms with Crippen LogP contribution >= 0.6 is 0 Å². The van der Waals surface area contributed by atoms with Crippen molar-refractivity contribution in [3.8, 4) is 0 Å². The van der Waals surface area contributed by atoms with Gasteiger partial charge in [-0.05, 0) is 23.1 Å². The second kappa shape index (κ2) is 5.90. The van der Waals surface area contributed by atoms with Crippen LogP contribution in [0, 0.1) is 0 Å². The Kier molecular flexibility index (Phi) is 4.23. The summed E-state index contributed by atoms with van der Waals surface area (Å²) in [5, 5.41) is 2.90. The van der Waals surface area contributed by atoms with Crippen molar-refractivity contribution in [1.82, 2.24) is 15.3 Å². The third-order valence-electron chi connectivity index (χ3n) is 3.23. The topological polar surface area (TPSA) is 57.8 Å². The van der Waals surface area contributed by atoms with E-state index < -0.39 is 0 Å². The fourth-order valence-electron chi connectivity index (χ4n) is 1.96. The average Bonchev–Trinajstić information content (AvgIpc) is 2.91. The first-order valence-corrected chi connectivity index (χ1v) is 6.83. The predicted molar refractivity (Wildman–Crippen MR) is 79.8 cm³/mol. The molecule has 0 unspecified atom stereocenters. The van der Waals surface area contributed by atoms with Gasteiger partial charge in [0.2, 0.25) is 0 Å². The average molecular weight is 271 g/mol. The lowest BCUT2D eigenvalue weighted by Gasteiger charge is -2.19. The molecule has 0 saturated carbocycles. The van der Waals surface area contributed by atoms with Crippen molar-refractivity contribution >= 4 is 5.91 Å². The molecule has 0 spiro atoms. The van der Waals surface area contributed by atoms with Crippen LogP contribution in [0.1, 0.15) is 42.4 Å². The number of rotatable bonds is 4. The smallest absolute Gasteiger partial charge is 0.251 e. The van der Waals surface area contributed by atoms with Gasteiger partial charge in [0.25, 0.3) is 5.91 Å². The Hall–Kier alpha value is -2.10. The molecule has 4 nitrogen and oxygen atoms in total. The number of carbonyl (C=O) groups is 1. The molecular formula is C16H21N3O. The first-order valence-electron chi connectivity index (χ1n) is 6.83. The molecule has 1 aromatic heterocycles. The number of nitrogens with one attached hydrogen (secondary N) is 2. The van der Waals surface area contributed by atoms with Crippen LogP contribution in [0.25, 0.3) is 0 Å². The van der Waals surface area contributed by atoms with E-state index in [4.69, 9.17) is 0 Å². The van der Waals surface area contributed by atoms with Crippen LogP contribution in [0.3, 0.4) is 0 Å². The number of aromatic nitrogens is 2. The highest BCUT2D eigenvalue weighted by Gasteiger charge is 2.14. The number of imidazole rings is 1. The Morgan fingerprint density at radius 2 is 1.95 bits per heavy atom. The van der Waals surface area contributed by atoms with Gasteiger partial charge >= 0.3 is 0 Å². The van der Waals surface area contributed by atoms with Gasteiger partial charge in [-0.2, -0.15) is 0 Å². The van der Waals surface area contributed by atoms with Crippen LogP contribution in [-0.4, -0.2) is 22.4 Å². The fraction of sp³-hybridized carbons (Fsp3) is 0.375. The van der Waals surface area contributed by atoms with Crippen molar-refractivity contribution in [2.45, 2.75) is 32.6 Å². The largest absolute Gasteiger partial charge is 0.352 e. The zero-order chi connectivity index (χ0) is 14.6. The Morgan fingerprint density at radius 1 is 1.25 bits per heavy atom. The maximum atomic E-state index is 12.0. The molecule has 0 atom stereocenters. The number of hydrogen-bond acceptors (Lipinski definition) is 2. The molecule has 2 N–H and O–H groups in total. The van der Waals surface area contributed by atoms with Gasteiger partial charge in [0.1, 0.15) is 0 Å². The lowest BCUT2D eigenvalue weighted by molar-refractivity contribution is 0.0954. The van der Waals surface area contributed by atoms with E-state index in [-0.39, 0.29) is 11.3 Å². The number of amides is 1. The predicted octanol–water partition coefficient (Wildman–Crippen LogP) is 2.68. The first-order chi connectivity index (χ1) is 9.47. The van der Waals surface area contributed by atoms with E-state index in [2.05, 4.69) is 36.1 Å². The highest BCUT2D eigenvalue weighted by atomic mass is 16.1. The third kappa shape index (κ3) is 3.70. The van der Waals surface area contributed by atoms with Crippen molar-refractivity contribution in [2.24, 2.45) is 0 Å². The van der Waals surface area contributed by atoms with Crippen molar-refractivity contribution in [3.05, 3.63) is 53.6 Å². The molecule has 0 fully saturated rings. The molecule has 2 aromatic rings. The fourth-order valence-corrected chi connectivity index (χ4v) is 1.96. The van der Waals surface area contributed by atoms with E-state index in [1.807, 2.05) is 30.5 Å². The molecule has 4 heteroatoms. The third-order valence-corrected chi connectivity index (χ3v) is 3.23. The number of hydrogen-bond donors (Lipinski definition) is 2. The molecule has 1 amide bonds. The molecule has 0 radical (unpaired) electrons. The lowest BCUT2D eigenvalue weighted by Crippen LogP contribution is -2.25. The van der Waals surface area contributed by atoms with Crippen molar-refractivity contribution < 1.29 is 4.79 Å². The monoisotopic (exact) mass is 271 g/mol. The van der Waals surface area contributed by atoms with Gasteiger partial charge in [-0.15, -0.1) is 0 Å². The Labute approximate surface area is 119 Å². The molecule has 1 heterocycles. The minimum Gasteiger partial charge on any atom is -0.352 e. The molecule has 1 aromatic carbocycles. The van der Waals surface area contributed by atoms with Crippen LogP contribution in [0.15, 0.2) is 36.8 Å². The van der Waals surface area contributed by atoms with Crippen LogP contribution < -0.4 is 5.32 Å². The standard InChI is InChI=1S/C16H21N3O/c1-16(2,3)13-6-4-12(5-7-13)15(20)18-9-8-14-10-17-11-19-14/h4-7,10-11H,8-9H2,1-3H3,(H,17,19)(H,18,20). The zero-order valence-electron chi connectivity index (χ0n) is 12.2. The number of carbonyl (C=O) groups excluding carboxylic acids is 1. The van der Waals surface area contributed by atoms with Crippen molar-refractivity contribution in [2.75, 3.05) is 6.54 Å². The summed E-state index contributed by atoms with van der Waals surface area (Å²) < 4.78 is 0. The maximum Gasteiger partial charge on any atom is 0.251 e. The first kappa shape index (κ1) is 14.3. The highest BCUT2D eigenvalue weighted by molar-refractivity contribution is 5.94. The Balaban J connectivity index is 1.89. The Bertz CT molecular complexity index is 550. The Morgan fingerprint density at radius 3 is 2.50 bits per heavy atom. The zero-order valence-corrected chi connectivity index (χ0v) is 12.2. The van der Waals surface area contributed by atoms with Gasteiger partial charge in [-0.25, -0.2) is 4.98 Å². The van der Waals surface area contributed by atoms with E-state index in [0.29, 0.717) is 12.1 Å². The van der Waals surface area contributed by atoms with E-state index in [0.717, 1.165) is 12.1 Å². The summed E-state index contributed by atoms with van der Waals surface area (Å²) in [7, 11) is 0. The quantitative estimate of drug-likeness (QED) is 0.898. The van der Waals surface area contributed by atoms with E-state index in [1.165, 1.54) is 5.56 Å². The van der Waals surface area contributed by atoms with Gasteiger partial charge < -0.3 is 10.3 Å². The van der Waals surface area contributed by atoms with Crippen LogP contribution in [0.2, 0.25) is 0 Å². The molecule has 0 aliphatic heterocycles. The summed E-state index contributed by atoms with van der Waals surface area (Å²) >= 11 is 0. The van der Waals surface area contributed by atoms with E-state index >= 15 is 0 Å². The van der Waals surface area contributed by atoms with Gasteiger partial charge in [0, 0.05) is 24.7 Å². The van der Waals surface area contributed by atoms with Crippen molar-refractivity contribution in [3.63, 3.8) is 0 Å². The normalized spacial score (nSPS) is 11.3.